The first-order chi connectivity index (χ1) is 15.0. The molecule has 10 heteroatoms. The SMILES string of the molecule is Cc1nn(-c2ccc(OC(F)F)cc2)cc1C(=O)Nc1ccc(C2CNCCO2)cc1.Cl. The van der Waals surface area contributed by atoms with Crippen LogP contribution < -0.4 is 15.4 Å². The monoisotopic (exact) mass is 464 g/mol. The predicted octanol–water partition coefficient (Wildman–Crippen LogP) is 4.12. The van der Waals surface area contributed by atoms with Gasteiger partial charge in [-0.1, -0.05) is 12.1 Å². The van der Waals surface area contributed by atoms with Crippen molar-refractivity contribution in [3.8, 4) is 11.4 Å². The minimum Gasteiger partial charge on any atom is -0.435 e. The van der Waals surface area contributed by atoms with Crippen LogP contribution in [0.5, 0.6) is 5.75 Å². The fourth-order valence-electron chi connectivity index (χ4n) is 3.35. The molecule has 4 rings (SSSR count). The number of hydrogen-bond acceptors (Lipinski definition) is 5. The molecule has 1 fully saturated rings. The molecule has 0 aliphatic carbocycles. The van der Waals surface area contributed by atoms with Gasteiger partial charge in [0, 0.05) is 25.0 Å². The standard InChI is InChI=1S/C22H22F2N4O3.ClH/c1-14-19(13-28(27-14)17-6-8-18(9-7-17)31-22(23)24)21(29)26-16-4-2-15(3-5-16)20-12-25-10-11-30-20;/h2-9,13,20,22,25H,10-12H2,1H3,(H,26,29);1H. The molecule has 2 heterocycles. The number of halogens is 3. The summed E-state index contributed by atoms with van der Waals surface area (Å²) >= 11 is 0. The summed E-state index contributed by atoms with van der Waals surface area (Å²) in [4.78, 5) is 12.7. The van der Waals surface area contributed by atoms with E-state index in [4.69, 9.17) is 4.74 Å². The molecule has 1 atom stereocenters. The van der Waals surface area contributed by atoms with E-state index in [1.165, 1.54) is 16.8 Å². The van der Waals surface area contributed by atoms with Crippen LogP contribution in [0.15, 0.2) is 54.7 Å². The zero-order valence-electron chi connectivity index (χ0n) is 17.3. The first-order valence-corrected chi connectivity index (χ1v) is 9.85. The number of morpholine rings is 1. The Labute approximate surface area is 190 Å². The van der Waals surface area contributed by atoms with E-state index in [-0.39, 0.29) is 30.2 Å². The van der Waals surface area contributed by atoms with Crippen molar-refractivity contribution in [2.45, 2.75) is 19.6 Å². The largest absolute Gasteiger partial charge is 0.435 e. The minimum atomic E-state index is -2.88. The third-order valence-electron chi connectivity index (χ3n) is 4.94. The van der Waals surface area contributed by atoms with Gasteiger partial charge in [0.2, 0.25) is 0 Å². The number of anilines is 1. The molecule has 0 spiro atoms. The summed E-state index contributed by atoms with van der Waals surface area (Å²) in [5.74, 6) is -0.233. The van der Waals surface area contributed by atoms with Crippen LogP contribution in [0.25, 0.3) is 5.69 Å². The molecule has 1 aliphatic heterocycles. The van der Waals surface area contributed by atoms with Crippen LogP contribution in [0.1, 0.15) is 27.7 Å². The Hall–Kier alpha value is -3.01. The van der Waals surface area contributed by atoms with Crippen molar-refractivity contribution in [1.82, 2.24) is 15.1 Å². The van der Waals surface area contributed by atoms with Crippen molar-refractivity contribution in [2.24, 2.45) is 0 Å². The molecule has 32 heavy (non-hydrogen) atoms. The maximum absolute atomic E-state index is 12.7. The van der Waals surface area contributed by atoms with Gasteiger partial charge in [-0.05, 0) is 48.9 Å². The van der Waals surface area contributed by atoms with Crippen molar-refractivity contribution < 1.29 is 23.0 Å². The summed E-state index contributed by atoms with van der Waals surface area (Å²) in [6.07, 6.45) is 1.61. The summed E-state index contributed by atoms with van der Waals surface area (Å²) in [5.41, 5.74) is 3.29. The van der Waals surface area contributed by atoms with Gasteiger partial charge in [-0.25, -0.2) is 4.68 Å². The molecule has 2 aromatic carbocycles. The average molecular weight is 465 g/mol. The quantitative estimate of drug-likeness (QED) is 0.574. The van der Waals surface area contributed by atoms with E-state index in [2.05, 4.69) is 20.5 Å². The lowest BCUT2D eigenvalue weighted by molar-refractivity contribution is -0.0498. The second kappa shape index (κ2) is 10.5. The number of aromatic nitrogens is 2. The fraction of sp³-hybridized carbons (Fsp3) is 0.273. The number of ether oxygens (including phenoxy) is 2. The van der Waals surface area contributed by atoms with Gasteiger partial charge in [0.25, 0.3) is 5.91 Å². The number of hydrogen-bond donors (Lipinski definition) is 2. The second-order valence-corrected chi connectivity index (χ2v) is 7.08. The molecule has 1 amide bonds. The average Bonchev–Trinajstić information content (AvgIpc) is 3.17. The summed E-state index contributed by atoms with van der Waals surface area (Å²) < 4.78 is 36.2. The molecule has 170 valence electrons. The normalized spacial score (nSPS) is 15.8. The highest BCUT2D eigenvalue weighted by Gasteiger charge is 2.17. The van der Waals surface area contributed by atoms with Crippen LogP contribution in [0.3, 0.4) is 0 Å². The molecule has 1 aliphatic rings. The molecule has 2 N–H and O–H groups in total. The Balaban J connectivity index is 0.00000289. The summed E-state index contributed by atoms with van der Waals surface area (Å²) in [5, 5.41) is 10.5. The molecule has 1 aromatic heterocycles. The van der Waals surface area contributed by atoms with E-state index in [0.717, 1.165) is 18.7 Å². The van der Waals surface area contributed by atoms with Crippen molar-refractivity contribution in [3.63, 3.8) is 0 Å². The number of aryl methyl sites for hydroxylation is 1. The smallest absolute Gasteiger partial charge is 0.387 e. The molecule has 0 saturated carbocycles. The number of alkyl halides is 2. The van der Waals surface area contributed by atoms with E-state index < -0.39 is 6.61 Å². The molecule has 3 aromatic rings. The van der Waals surface area contributed by atoms with E-state index >= 15 is 0 Å². The van der Waals surface area contributed by atoms with Crippen LogP contribution in [0.2, 0.25) is 0 Å². The van der Waals surface area contributed by atoms with Crippen LogP contribution in [0, 0.1) is 6.92 Å². The van der Waals surface area contributed by atoms with Gasteiger partial charge < -0.3 is 20.1 Å². The number of carbonyl (C=O) groups is 1. The Morgan fingerprint density at radius 3 is 2.56 bits per heavy atom. The topological polar surface area (TPSA) is 77.4 Å². The van der Waals surface area contributed by atoms with Crippen molar-refractivity contribution in [3.05, 3.63) is 71.5 Å². The molecule has 1 unspecified atom stereocenters. The van der Waals surface area contributed by atoms with Gasteiger partial charge in [-0.15, -0.1) is 12.4 Å². The number of amides is 1. The van der Waals surface area contributed by atoms with Gasteiger partial charge in [-0.3, -0.25) is 4.79 Å². The molecule has 7 nitrogen and oxygen atoms in total. The third-order valence-corrected chi connectivity index (χ3v) is 4.94. The highest BCUT2D eigenvalue weighted by molar-refractivity contribution is 6.04. The van der Waals surface area contributed by atoms with Gasteiger partial charge in [0.05, 0.1) is 29.7 Å². The van der Waals surface area contributed by atoms with Crippen molar-refractivity contribution in [1.29, 1.82) is 0 Å². The van der Waals surface area contributed by atoms with Crippen LogP contribution in [-0.4, -0.2) is 42.0 Å². The summed E-state index contributed by atoms with van der Waals surface area (Å²) in [6.45, 7) is 1.14. The van der Waals surface area contributed by atoms with Crippen molar-refractivity contribution in [2.75, 3.05) is 25.0 Å². The number of nitrogens with one attached hydrogen (secondary N) is 2. The lowest BCUT2D eigenvalue weighted by Gasteiger charge is -2.24. The number of rotatable bonds is 6. The zero-order chi connectivity index (χ0) is 21.8. The first kappa shape index (κ1) is 23.6. The molecule has 0 bridgehead atoms. The molecule has 0 radical (unpaired) electrons. The fourth-order valence-corrected chi connectivity index (χ4v) is 3.35. The lowest BCUT2D eigenvalue weighted by Crippen LogP contribution is -2.33. The number of benzene rings is 2. The maximum Gasteiger partial charge on any atom is 0.387 e. The molecular formula is C22H23ClF2N4O3. The van der Waals surface area contributed by atoms with Gasteiger partial charge in [0.1, 0.15) is 5.75 Å². The van der Waals surface area contributed by atoms with E-state index in [1.807, 2.05) is 24.3 Å². The maximum atomic E-state index is 12.7. The Kier molecular flexibility index (Phi) is 7.79. The zero-order valence-corrected chi connectivity index (χ0v) is 18.1. The van der Waals surface area contributed by atoms with Crippen LogP contribution >= 0.6 is 12.4 Å². The lowest BCUT2D eigenvalue weighted by atomic mass is 10.1. The highest BCUT2D eigenvalue weighted by atomic mass is 35.5. The van der Waals surface area contributed by atoms with Gasteiger partial charge in [0.15, 0.2) is 0 Å². The van der Waals surface area contributed by atoms with Crippen LogP contribution in [-0.2, 0) is 4.74 Å². The van der Waals surface area contributed by atoms with Crippen molar-refractivity contribution >= 4 is 24.0 Å². The van der Waals surface area contributed by atoms with Crippen LogP contribution in [0.4, 0.5) is 14.5 Å². The number of carbonyl (C=O) groups excluding carboxylic acids is 1. The van der Waals surface area contributed by atoms with E-state index in [0.29, 0.717) is 29.2 Å². The second-order valence-electron chi connectivity index (χ2n) is 7.08. The minimum absolute atomic E-state index is 0. The highest BCUT2D eigenvalue weighted by Crippen LogP contribution is 2.22. The molecular weight excluding hydrogens is 442 g/mol. The third kappa shape index (κ3) is 5.61. The number of nitrogens with zero attached hydrogens (tertiary/aromatic N) is 2. The van der Waals surface area contributed by atoms with E-state index in [9.17, 15) is 13.6 Å². The first-order valence-electron chi connectivity index (χ1n) is 9.85. The summed E-state index contributed by atoms with van der Waals surface area (Å²) in [7, 11) is 0. The Bertz CT molecular complexity index is 1040. The van der Waals surface area contributed by atoms with Gasteiger partial charge in [-0.2, -0.15) is 13.9 Å². The predicted molar refractivity (Wildman–Crippen MR) is 118 cm³/mol. The van der Waals surface area contributed by atoms with E-state index in [1.54, 1.807) is 25.3 Å². The summed E-state index contributed by atoms with van der Waals surface area (Å²) in [6, 6.07) is 13.6. The Morgan fingerprint density at radius 1 is 1.22 bits per heavy atom. The van der Waals surface area contributed by atoms with Gasteiger partial charge >= 0.3 is 6.61 Å². The Morgan fingerprint density at radius 2 is 1.94 bits per heavy atom. The molecule has 1 saturated heterocycles.